The number of carbonyl (C=O) groups excluding carboxylic acids is 1. The molecule has 5 nitrogen and oxygen atoms in total. The highest BCUT2D eigenvalue weighted by molar-refractivity contribution is 7.13. The first kappa shape index (κ1) is 13.9. The van der Waals surface area contributed by atoms with E-state index in [-0.39, 0.29) is 12.3 Å². The molecule has 0 aliphatic carbocycles. The second-order valence-electron chi connectivity index (χ2n) is 5.11. The molecule has 0 radical (unpaired) electrons. The van der Waals surface area contributed by atoms with Crippen LogP contribution in [0.5, 0.6) is 0 Å². The number of benzene rings is 1. The number of para-hydroxylation sites is 2. The summed E-state index contributed by atoms with van der Waals surface area (Å²) in [6, 6.07) is 7.95. The molecule has 3 N–H and O–H groups in total. The number of nitrogens with one attached hydrogen (secondary N) is 1. The minimum Gasteiger partial charge on any atom is -0.375 e. The van der Waals surface area contributed by atoms with Crippen LogP contribution < -0.4 is 16.0 Å². The topological polar surface area (TPSA) is 71.2 Å². The molecule has 1 amide bonds. The first-order valence-corrected chi connectivity index (χ1v) is 7.94. The zero-order valence-electron chi connectivity index (χ0n) is 11.7. The zero-order chi connectivity index (χ0) is 14.7. The van der Waals surface area contributed by atoms with Gasteiger partial charge in [0.25, 0.3) is 0 Å². The molecule has 1 aliphatic rings. The Morgan fingerprint density at radius 3 is 2.81 bits per heavy atom. The van der Waals surface area contributed by atoms with Gasteiger partial charge in [0.1, 0.15) is 0 Å². The maximum Gasteiger partial charge on any atom is 0.230 e. The summed E-state index contributed by atoms with van der Waals surface area (Å²) in [6.07, 6.45) is 2.67. The molecule has 1 aromatic heterocycles. The maximum atomic E-state index is 12.2. The van der Waals surface area contributed by atoms with Crippen molar-refractivity contribution in [1.82, 2.24) is 4.98 Å². The normalized spacial score (nSPS) is 14.4. The molecule has 0 unspecified atom stereocenters. The molecular formula is C15H18N4OS. The quantitative estimate of drug-likeness (QED) is 0.910. The van der Waals surface area contributed by atoms with Gasteiger partial charge >= 0.3 is 0 Å². The van der Waals surface area contributed by atoms with E-state index in [1.54, 1.807) is 0 Å². The lowest BCUT2D eigenvalue weighted by atomic mass is 10.2. The highest BCUT2D eigenvalue weighted by Gasteiger charge is 2.16. The minimum absolute atomic E-state index is 0.0630. The first-order chi connectivity index (χ1) is 10.2. The number of nitrogens with zero attached hydrogens (tertiary/aromatic N) is 2. The van der Waals surface area contributed by atoms with Crippen LogP contribution in [0.15, 0.2) is 29.6 Å². The van der Waals surface area contributed by atoms with E-state index in [0.717, 1.165) is 24.5 Å². The van der Waals surface area contributed by atoms with Crippen LogP contribution in [-0.4, -0.2) is 24.0 Å². The molecule has 1 fully saturated rings. The van der Waals surface area contributed by atoms with Gasteiger partial charge in [-0.05, 0) is 25.0 Å². The third kappa shape index (κ3) is 3.33. The van der Waals surface area contributed by atoms with Crippen LogP contribution in [0.4, 0.5) is 16.5 Å². The third-order valence-corrected chi connectivity index (χ3v) is 4.26. The van der Waals surface area contributed by atoms with E-state index >= 15 is 0 Å². The highest BCUT2D eigenvalue weighted by Crippen LogP contribution is 2.28. The Hall–Kier alpha value is -2.08. The molecule has 2 aromatic rings. The van der Waals surface area contributed by atoms with E-state index in [1.165, 1.54) is 24.2 Å². The molecule has 1 aliphatic heterocycles. The molecule has 3 rings (SSSR count). The number of aromatic nitrogens is 1. The van der Waals surface area contributed by atoms with E-state index in [9.17, 15) is 4.79 Å². The van der Waals surface area contributed by atoms with Crippen LogP contribution in [0.1, 0.15) is 18.5 Å². The van der Waals surface area contributed by atoms with Crippen molar-refractivity contribution in [2.45, 2.75) is 19.3 Å². The van der Waals surface area contributed by atoms with Crippen LogP contribution in [0.3, 0.4) is 0 Å². The van der Waals surface area contributed by atoms with E-state index in [0.29, 0.717) is 10.8 Å². The molecule has 1 saturated heterocycles. The van der Waals surface area contributed by atoms with Crippen molar-refractivity contribution in [3.63, 3.8) is 0 Å². The monoisotopic (exact) mass is 302 g/mol. The third-order valence-electron chi connectivity index (χ3n) is 3.54. The molecular weight excluding hydrogens is 284 g/mol. The molecule has 0 saturated carbocycles. The summed E-state index contributed by atoms with van der Waals surface area (Å²) >= 11 is 1.35. The van der Waals surface area contributed by atoms with Gasteiger partial charge in [-0.25, -0.2) is 4.98 Å². The van der Waals surface area contributed by atoms with Crippen molar-refractivity contribution >= 4 is 33.8 Å². The number of hydrogen-bond acceptors (Lipinski definition) is 5. The van der Waals surface area contributed by atoms with Gasteiger partial charge in [0.15, 0.2) is 5.13 Å². The minimum atomic E-state index is -0.0630. The number of nitrogen functional groups attached to an aromatic ring is 1. The number of thiazole rings is 1. The summed E-state index contributed by atoms with van der Waals surface area (Å²) in [5.41, 5.74) is 8.27. The number of nitrogens with two attached hydrogens (primary N) is 1. The Morgan fingerprint density at radius 2 is 2.10 bits per heavy atom. The van der Waals surface area contributed by atoms with Gasteiger partial charge in [0.2, 0.25) is 5.91 Å². The standard InChI is InChI=1S/C15H18N4OS/c16-15-17-11(10-21-15)9-14(20)18-12-5-1-2-6-13(12)19-7-3-4-8-19/h1-2,5-6,10H,3-4,7-9H2,(H2,16,17)(H,18,20). The smallest absolute Gasteiger partial charge is 0.230 e. The summed E-state index contributed by atoms with van der Waals surface area (Å²) in [4.78, 5) is 18.6. The maximum absolute atomic E-state index is 12.2. The number of carbonyl (C=O) groups is 1. The number of anilines is 3. The van der Waals surface area contributed by atoms with Gasteiger partial charge in [0, 0.05) is 18.5 Å². The van der Waals surface area contributed by atoms with Gasteiger partial charge in [-0.3, -0.25) is 4.79 Å². The summed E-state index contributed by atoms with van der Waals surface area (Å²) in [5, 5.41) is 5.30. The second kappa shape index (κ2) is 6.13. The number of rotatable bonds is 4. The fourth-order valence-corrected chi connectivity index (χ4v) is 3.14. The van der Waals surface area contributed by atoms with Gasteiger partial charge < -0.3 is 16.0 Å². The second-order valence-corrected chi connectivity index (χ2v) is 6.00. The summed E-state index contributed by atoms with van der Waals surface area (Å²) < 4.78 is 0. The van der Waals surface area contributed by atoms with Crippen molar-refractivity contribution in [3.05, 3.63) is 35.3 Å². The lowest BCUT2D eigenvalue weighted by molar-refractivity contribution is -0.115. The molecule has 21 heavy (non-hydrogen) atoms. The van der Waals surface area contributed by atoms with Gasteiger partial charge in [-0.2, -0.15) is 0 Å². The van der Waals surface area contributed by atoms with E-state index in [4.69, 9.17) is 5.73 Å². The largest absolute Gasteiger partial charge is 0.375 e. The summed E-state index contributed by atoms with van der Waals surface area (Å²) in [6.45, 7) is 2.10. The van der Waals surface area contributed by atoms with Crippen LogP contribution in [0, 0.1) is 0 Å². The molecule has 2 heterocycles. The van der Waals surface area contributed by atoms with Crippen LogP contribution in [-0.2, 0) is 11.2 Å². The molecule has 6 heteroatoms. The molecule has 110 valence electrons. The molecule has 0 atom stereocenters. The van der Waals surface area contributed by atoms with E-state index in [2.05, 4.69) is 21.3 Å². The van der Waals surface area contributed by atoms with Crippen molar-refractivity contribution in [2.75, 3.05) is 29.0 Å². The fourth-order valence-electron chi connectivity index (χ4n) is 2.58. The SMILES string of the molecule is Nc1nc(CC(=O)Nc2ccccc2N2CCCC2)cs1. The predicted octanol–water partition coefficient (Wildman–Crippen LogP) is 2.51. The Balaban J connectivity index is 1.70. The Morgan fingerprint density at radius 1 is 1.33 bits per heavy atom. The van der Waals surface area contributed by atoms with Crippen molar-refractivity contribution in [2.24, 2.45) is 0 Å². The van der Waals surface area contributed by atoms with Crippen LogP contribution in [0.25, 0.3) is 0 Å². The average molecular weight is 302 g/mol. The predicted molar refractivity (Wildman–Crippen MR) is 86.7 cm³/mol. The molecule has 0 bridgehead atoms. The lowest BCUT2D eigenvalue weighted by Crippen LogP contribution is -2.21. The summed E-state index contributed by atoms with van der Waals surface area (Å²) in [7, 11) is 0. The van der Waals surface area contributed by atoms with Crippen molar-refractivity contribution in [1.29, 1.82) is 0 Å². The lowest BCUT2D eigenvalue weighted by Gasteiger charge is -2.21. The zero-order valence-corrected chi connectivity index (χ0v) is 12.5. The number of hydrogen-bond donors (Lipinski definition) is 2. The Bertz CT molecular complexity index is 634. The Labute approximate surface area is 127 Å². The van der Waals surface area contributed by atoms with Gasteiger partial charge in [0.05, 0.1) is 23.5 Å². The van der Waals surface area contributed by atoms with Crippen LogP contribution >= 0.6 is 11.3 Å². The fraction of sp³-hybridized carbons (Fsp3) is 0.333. The van der Waals surface area contributed by atoms with Gasteiger partial charge in [-0.15, -0.1) is 11.3 Å². The van der Waals surface area contributed by atoms with E-state index in [1.807, 2.05) is 23.6 Å². The van der Waals surface area contributed by atoms with Gasteiger partial charge in [-0.1, -0.05) is 12.1 Å². The van der Waals surface area contributed by atoms with Crippen molar-refractivity contribution < 1.29 is 4.79 Å². The average Bonchev–Trinajstić information content (AvgIpc) is 3.11. The summed E-state index contributed by atoms with van der Waals surface area (Å²) in [5.74, 6) is -0.0630. The first-order valence-electron chi connectivity index (χ1n) is 7.06. The highest BCUT2D eigenvalue weighted by atomic mass is 32.1. The molecule has 0 spiro atoms. The molecule has 1 aromatic carbocycles. The van der Waals surface area contributed by atoms with Crippen molar-refractivity contribution in [3.8, 4) is 0 Å². The Kier molecular flexibility index (Phi) is 4.06. The van der Waals surface area contributed by atoms with E-state index < -0.39 is 0 Å². The van der Waals surface area contributed by atoms with Crippen LogP contribution in [0.2, 0.25) is 0 Å². The number of amides is 1.